The zero-order valence-corrected chi connectivity index (χ0v) is 27.2. The van der Waals surface area contributed by atoms with Crippen LogP contribution in [0.5, 0.6) is 0 Å². The minimum Gasteiger partial charge on any atom is -0.465 e. The maximum atomic E-state index is 12.4. The highest BCUT2D eigenvalue weighted by atomic mass is 16.6. The lowest BCUT2D eigenvalue weighted by molar-refractivity contribution is 0.0597. The Morgan fingerprint density at radius 2 is 1.33 bits per heavy atom. The van der Waals surface area contributed by atoms with Gasteiger partial charge in [-0.15, -0.1) is 0 Å². The van der Waals surface area contributed by atoms with Crippen molar-refractivity contribution >= 4 is 45.0 Å². The Hall–Kier alpha value is -6.34. The summed E-state index contributed by atoms with van der Waals surface area (Å²) < 4.78 is 10.1. The van der Waals surface area contributed by atoms with Crippen molar-refractivity contribution in [3.8, 4) is 22.5 Å². The van der Waals surface area contributed by atoms with Crippen LogP contribution in [0.25, 0.3) is 44.1 Å². The molecule has 6 rings (SSSR count). The number of aromatic amines is 2. The van der Waals surface area contributed by atoms with Gasteiger partial charge in [-0.2, -0.15) is 10.2 Å². The number of anilines is 2. The molecule has 13 heteroatoms. The Bertz CT molecular complexity index is 2310. The topological polar surface area (TPSA) is 202 Å². The normalized spacial score (nSPS) is 11.0. The zero-order valence-electron chi connectivity index (χ0n) is 27.2. The van der Waals surface area contributed by atoms with Crippen LogP contribution in [0.1, 0.15) is 36.7 Å². The predicted molar refractivity (Wildman–Crippen MR) is 187 cm³/mol. The molecule has 0 aliphatic carbocycles. The van der Waals surface area contributed by atoms with Crippen LogP contribution in [0, 0.1) is 0 Å². The van der Waals surface area contributed by atoms with Gasteiger partial charge in [-0.25, -0.2) is 19.8 Å². The van der Waals surface area contributed by atoms with Gasteiger partial charge in [-0.3, -0.25) is 14.9 Å². The number of esters is 1. The van der Waals surface area contributed by atoms with E-state index in [0.717, 1.165) is 10.9 Å². The largest absolute Gasteiger partial charge is 0.465 e. The number of carbonyl (C=O) groups excluding carboxylic acids is 2. The molecule has 250 valence electrons. The number of aliphatic hydroxyl groups is 1. The molecule has 0 aliphatic rings. The number of rotatable bonds is 5. The number of carbonyl (C=O) groups is 2. The number of nitrogen functional groups attached to an aromatic ring is 1. The molecule has 0 radical (unpaired) electrons. The summed E-state index contributed by atoms with van der Waals surface area (Å²) in [5.74, 6) is -0.607. The number of hydrogen-bond acceptors (Lipinski definition) is 10. The minimum atomic E-state index is -0.659. The minimum absolute atomic E-state index is 0.143. The van der Waals surface area contributed by atoms with Crippen LogP contribution in [0.3, 0.4) is 0 Å². The van der Waals surface area contributed by atoms with Crippen LogP contribution in [0.2, 0.25) is 0 Å². The van der Waals surface area contributed by atoms with E-state index in [9.17, 15) is 24.3 Å². The Morgan fingerprint density at radius 3 is 1.86 bits per heavy atom. The summed E-state index contributed by atoms with van der Waals surface area (Å²) in [6.45, 7) is 5.11. The van der Waals surface area contributed by atoms with Crippen molar-refractivity contribution in [2.45, 2.75) is 33.0 Å². The van der Waals surface area contributed by atoms with Crippen LogP contribution < -0.4 is 22.2 Å². The summed E-state index contributed by atoms with van der Waals surface area (Å²) in [7, 11) is 1.26. The van der Waals surface area contributed by atoms with Crippen LogP contribution in [0.15, 0.2) is 94.5 Å². The number of ether oxygens (including phenoxy) is 2. The van der Waals surface area contributed by atoms with Crippen LogP contribution >= 0.6 is 0 Å². The van der Waals surface area contributed by atoms with Crippen molar-refractivity contribution in [2.75, 3.05) is 18.2 Å². The smallest absolute Gasteiger partial charge is 0.412 e. The van der Waals surface area contributed by atoms with Gasteiger partial charge >= 0.3 is 12.1 Å². The first-order valence-electron chi connectivity index (χ1n) is 15.1. The van der Waals surface area contributed by atoms with E-state index in [-0.39, 0.29) is 23.3 Å². The number of methoxy groups -OCH3 is 1. The first kappa shape index (κ1) is 34.0. The van der Waals surface area contributed by atoms with Crippen LogP contribution in [-0.2, 0) is 16.1 Å². The number of benzene rings is 4. The maximum Gasteiger partial charge on any atom is 0.412 e. The molecular weight excluding hydrogens is 628 g/mol. The monoisotopic (exact) mass is 662 g/mol. The molecule has 13 nitrogen and oxygen atoms in total. The number of hydrogen-bond donors (Lipinski definition) is 5. The summed E-state index contributed by atoms with van der Waals surface area (Å²) in [6.07, 6.45) is -0.645. The molecule has 0 aliphatic heterocycles. The number of fused-ring (bicyclic) bond motifs is 2. The van der Waals surface area contributed by atoms with Crippen LogP contribution in [-0.4, -0.2) is 50.3 Å². The number of aromatic nitrogens is 4. The van der Waals surface area contributed by atoms with Crippen LogP contribution in [0.4, 0.5) is 16.2 Å². The summed E-state index contributed by atoms with van der Waals surface area (Å²) >= 11 is 0. The Balaban J connectivity index is 0.000000204. The van der Waals surface area contributed by atoms with Crippen molar-refractivity contribution in [1.82, 2.24) is 20.4 Å². The maximum absolute atomic E-state index is 12.4. The highest BCUT2D eigenvalue weighted by Crippen LogP contribution is 2.31. The highest BCUT2D eigenvalue weighted by Gasteiger charge is 2.21. The number of amides is 1. The highest BCUT2D eigenvalue weighted by molar-refractivity contribution is 6.03. The second-order valence-electron chi connectivity index (χ2n) is 11.8. The quantitative estimate of drug-likeness (QED) is 0.118. The van der Waals surface area contributed by atoms with Gasteiger partial charge in [0.25, 0.3) is 11.1 Å². The summed E-state index contributed by atoms with van der Waals surface area (Å²) in [4.78, 5) is 48.3. The average Bonchev–Trinajstić information content (AvgIpc) is 3.08. The van der Waals surface area contributed by atoms with E-state index in [4.69, 9.17) is 15.2 Å². The van der Waals surface area contributed by atoms with Crippen molar-refractivity contribution in [3.05, 3.63) is 117 Å². The van der Waals surface area contributed by atoms with Gasteiger partial charge in [0.2, 0.25) is 0 Å². The number of H-pyrrole nitrogens is 2. The second kappa shape index (κ2) is 14.2. The molecule has 2 heterocycles. The molecule has 1 amide bonds. The molecule has 6 N–H and O–H groups in total. The third-order valence-corrected chi connectivity index (χ3v) is 7.27. The summed E-state index contributed by atoms with van der Waals surface area (Å²) in [5.41, 5.74) is 8.57. The lowest BCUT2D eigenvalue weighted by atomic mass is 9.99. The van der Waals surface area contributed by atoms with Crippen molar-refractivity contribution in [3.63, 3.8) is 0 Å². The Labute approximate surface area is 279 Å². The Morgan fingerprint density at radius 1 is 0.796 bits per heavy atom. The SMILES string of the molecule is COC(=O)c1cc(NC(=O)OC(C)(C)C)ccc1-c1n[nH]c(=O)c2ccccc12.Nc1ccc(-c2n[nH]c(=O)c3ccccc23)c(CO)c1. The lowest BCUT2D eigenvalue weighted by Gasteiger charge is -2.20. The third-order valence-electron chi connectivity index (χ3n) is 7.27. The van der Waals surface area contributed by atoms with Gasteiger partial charge in [-0.05, 0) is 68.8 Å². The fourth-order valence-corrected chi connectivity index (χ4v) is 5.14. The molecule has 6 aromatic rings. The molecule has 0 saturated carbocycles. The predicted octanol–water partition coefficient (Wildman–Crippen LogP) is 5.39. The molecule has 0 atom stereocenters. The van der Waals surface area contributed by atoms with Crippen molar-refractivity contribution in [1.29, 1.82) is 0 Å². The van der Waals surface area contributed by atoms with Gasteiger partial charge in [0, 0.05) is 33.3 Å². The lowest BCUT2D eigenvalue weighted by Crippen LogP contribution is -2.27. The van der Waals surface area contributed by atoms with Crippen molar-refractivity contribution in [2.24, 2.45) is 0 Å². The van der Waals surface area contributed by atoms with E-state index < -0.39 is 17.7 Å². The van der Waals surface area contributed by atoms with Gasteiger partial charge < -0.3 is 20.3 Å². The molecule has 0 spiro atoms. The fourth-order valence-electron chi connectivity index (χ4n) is 5.14. The Kier molecular flexibility index (Phi) is 9.85. The molecule has 0 saturated heterocycles. The van der Waals surface area contributed by atoms with E-state index in [2.05, 4.69) is 25.7 Å². The molecule has 0 unspecified atom stereocenters. The van der Waals surface area contributed by atoms with E-state index in [1.54, 1.807) is 87.5 Å². The van der Waals surface area contributed by atoms with Gasteiger partial charge in [-0.1, -0.05) is 42.5 Å². The number of aliphatic hydroxyl groups excluding tert-OH is 1. The molecule has 0 fully saturated rings. The van der Waals surface area contributed by atoms with Gasteiger partial charge in [0.15, 0.2) is 0 Å². The van der Waals surface area contributed by atoms with E-state index >= 15 is 0 Å². The van der Waals surface area contributed by atoms with E-state index in [0.29, 0.717) is 50.0 Å². The third kappa shape index (κ3) is 7.63. The zero-order chi connectivity index (χ0) is 35.3. The first-order chi connectivity index (χ1) is 23.4. The van der Waals surface area contributed by atoms with E-state index in [1.165, 1.54) is 13.2 Å². The summed E-state index contributed by atoms with van der Waals surface area (Å²) in [6, 6.07) is 24.2. The average molecular weight is 663 g/mol. The van der Waals surface area contributed by atoms with Gasteiger partial charge in [0.1, 0.15) is 5.60 Å². The molecule has 4 aromatic carbocycles. The first-order valence-corrected chi connectivity index (χ1v) is 15.1. The summed E-state index contributed by atoms with van der Waals surface area (Å²) in [5, 5.41) is 27.6. The number of nitrogens with two attached hydrogens (primary N) is 1. The second-order valence-corrected chi connectivity index (χ2v) is 11.8. The molecule has 2 aromatic heterocycles. The molecule has 0 bridgehead atoms. The molecule has 49 heavy (non-hydrogen) atoms. The number of nitrogens with one attached hydrogen (secondary N) is 3. The van der Waals surface area contributed by atoms with Gasteiger partial charge in [0.05, 0.1) is 41.4 Å². The number of nitrogens with zero attached hydrogens (tertiary/aromatic N) is 2. The fraction of sp³-hybridized carbons (Fsp3) is 0.167. The standard InChI is InChI=1S/C21H21N3O5.C15H13N3O2/c1-21(2,3)29-20(27)22-12-9-10-14(16(11-12)19(26)28-4)17-13-7-5-6-8-15(13)18(25)24-23-17;16-10-5-6-11(9(7-10)8-19)14-12-3-1-2-4-13(12)15(20)18-17-14/h5-11H,1-4H3,(H,22,27)(H,24,25);1-7,19H,8,16H2,(H,18,20). The van der Waals surface area contributed by atoms with Crippen molar-refractivity contribution < 1.29 is 24.2 Å². The van der Waals surface area contributed by atoms with E-state index in [1.807, 2.05) is 12.1 Å². The molecular formula is C36H34N6O7.